The zero-order valence-corrected chi connectivity index (χ0v) is 15.2. The molecule has 4 rings (SSSR count). The quantitative estimate of drug-likeness (QED) is 0.871. The first-order chi connectivity index (χ1) is 12.5. The minimum Gasteiger partial charge on any atom is -0.493 e. The van der Waals surface area contributed by atoms with Crippen LogP contribution in [-0.4, -0.2) is 41.7 Å². The van der Waals surface area contributed by atoms with Crippen LogP contribution >= 0.6 is 0 Å². The number of carbonyl (C=O) groups is 2. The van der Waals surface area contributed by atoms with Crippen molar-refractivity contribution in [2.75, 3.05) is 19.7 Å². The number of fused-ring (bicyclic) bond motifs is 2. The van der Waals surface area contributed by atoms with Crippen LogP contribution in [0.15, 0.2) is 18.2 Å². The largest absolute Gasteiger partial charge is 0.493 e. The molecule has 2 amide bonds. The van der Waals surface area contributed by atoms with Gasteiger partial charge in [0.2, 0.25) is 0 Å². The van der Waals surface area contributed by atoms with E-state index in [4.69, 9.17) is 4.74 Å². The Morgan fingerprint density at radius 1 is 1.38 bits per heavy atom. The molecule has 1 saturated heterocycles. The molecule has 1 unspecified atom stereocenters. The van der Waals surface area contributed by atoms with Crippen LogP contribution in [0.5, 0.6) is 5.75 Å². The van der Waals surface area contributed by atoms with Crippen molar-refractivity contribution in [3.8, 4) is 5.75 Å². The van der Waals surface area contributed by atoms with Gasteiger partial charge in [0.1, 0.15) is 5.75 Å². The molecule has 1 aliphatic carbocycles. The van der Waals surface area contributed by atoms with Gasteiger partial charge in [0.25, 0.3) is 0 Å². The molecule has 1 aromatic rings. The standard InChI is InChI=1S/C20H26N2O4/c1-2-13-5-3-7-15-16(8-10-26-17(13)15)21-19(25)22-11-14-6-4-9-20(14,12-22)18(23)24/h3,5,7,14,16H,2,4,6,8-12H2,1H3,(H,21,25)(H,23,24)/t14-,16?,20+/m0/s1. The fourth-order valence-corrected chi connectivity index (χ4v) is 4.95. The van der Waals surface area contributed by atoms with E-state index in [1.54, 1.807) is 4.90 Å². The van der Waals surface area contributed by atoms with Gasteiger partial charge in [-0.05, 0) is 30.7 Å². The average Bonchev–Trinajstić information content (AvgIpc) is 3.20. The average molecular weight is 358 g/mol. The summed E-state index contributed by atoms with van der Waals surface area (Å²) in [4.78, 5) is 26.4. The van der Waals surface area contributed by atoms with Gasteiger partial charge in [-0.25, -0.2) is 4.79 Å². The topological polar surface area (TPSA) is 78.9 Å². The number of aryl methyl sites for hydroxylation is 1. The summed E-state index contributed by atoms with van der Waals surface area (Å²) in [6.07, 6.45) is 4.14. The first kappa shape index (κ1) is 17.2. The molecule has 3 aliphatic rings. The second-order valence-electron chi connectivity index (χ2n) is 7.76. The van der Waals surface area contributed by atoms with Crippen molar-refractivity contribution in [2.24, 2.45) is 11.3 Å². The normalized spacial score (nSPS) is 29.7. The van der Waals surface area contributed by atoms with Crippen LogP contribution in [-0.2, 0) is 11.2 Å². The summed E-state index contributed by atoms with van der Waals surface area (Å²) in [7, 11) is 0. The van der Waals surface area contributed by atoms with Crippen molar-refractivity contribution < 1.29 is 19.4 Å². The lowest BCUT2D eigenvalue weighted by Gasteiger charge is -2.30. The molecule has 0 radical (unpaired) electrons. The van der Waals surface area contributed by atoms with Gasteiger partial charge < -0.3 is 20.1 Å². The van der Waals surface area contributed by atoms with Gasteiger partial charge in [-0.3, -0.25) is 4.79 Å². The number of hydrogen-bond donors (Lipinski definition) is 2. The summed E-state index contributed by atoms with van der Waals surface area (Å²) in [5.74, 6) is 0.227. The number of hydrogen-bond acceptors (Lipinski definition) is 3. The number of carboxylic acid groups (broad SMARTS) is 1. The number of para-hydroxylation sites is 1. The summed E-state index contributed by atoms with van der Waals surface area (Å²) >= 11 is 0. The number of nitrogens with one attached hydrogen (secondary N) is 1. The summed E-state index contributed by atoms with van der Waals surface area (Å²) in [5, 5.41) is 12.8. The molecule has 140 valence electrons. The minimum absolute atomic E-state index is 0.0828. The highest BCUT2D eigenvalue weighted by atomic mass is 16.5. The second kappa shape index (κ2) is 6.49. The molecule has 26 heavy (non-hydrogen) atoms. The monoisotopic (exact) mass is 358 g/mol. The van der Waals surface area contributed by atoms with Gasteiger partial charge in [0, 0.05) is 25.1 Å². The highest BCUT2D eigenvalue weighted by Crippen LogP contribution is 2.49. The van der Waals surface area contributed by atoms with Gasteiger partial charge in [0.15, 0.2) is 0 Å². The smallest absolute Gasteiger partial charge is 0.317 e. The van der Waals surface area contributed by atoms with E-state index in [0.29, 0.717) is 26.1 Å². The molecule has 2 N–H and O–H groups in total. The van der Waals surface area contributed by atoms with Crippen molar-refractivity contribution in [3.05, 3.63) is 29.3 Å². The Bertz CT molecular complexity index is 735. The second-order valence-corrected chi connectivity index (χ2v) is 7.76. The molecular formula is C20H26N2O4. The lowest BCUT2D eigenvalue weighted by molar-refractivity contribution is -0.149. The Morgan fingerprint density at radius 2 is 2.23 bits per heavy atom. The molecule has 6 nitrogen and oxygen atoms in total. The Hall–Kier alpha value is -2.24. The lowest BCUT2D eigenvalue weighted by atomic mass is 9.81. The Labute approximate surface area is 153 Å². The van der Waals surface area contributed by atoms with E-state index >= 15 is 0 Å². The van der Waals surface area contributed by atoms with Crippen LogP contribution in [0.3, 0.4) is 0 Å². The van der Waals surface area contributed by atoms with E-state index in [1.807, 2.05) is 12.1 Å². The molecule has 2 aliphatic heterocycles. The summed E-state index contributed by atoms with van der Waals surface area (Å²) in [6.45, 7) is 3.54. The van der Waals surface area contributed by atoms with Crippen LogP contribution in [0.1, 0.15) is 49.8 Å². The predicted octanol–water partition coefficient (Wildman–Crippen LogP) is 2.97. The molecule has 0 aromatic heterocycles. The number of benzene rings is 1. The summed E-state index contributed by atoms with van der Waals surface area (Å²) in [6, 6.07) is 5.83. The Kier molecular flexibility index (Phi) is 4.29. The number of rotatable bonds is 3. The molecule has 0 bridgehead atoms. The first-order valence-corrected chi connectivity index (χ1v) is 9.58. The van der Waals surface area contributed by atoms with E-state index in [2.05, 4.69) is 18.3 Å². The van der Waals surface area contributed by atoms with Crippen LogP contribution in [0.25, 0.3) is 0 Å². The van der Waals surface area contributed by atoms with Gasteiger partial charge in [-0.15, -0.1) is 0 Å². The number of amides is 2. The van der Waals surface area contributed by atoms with Crippen molar-refractivity contribution in [1.82, 2.24) is 10.2 Å². The summed E-state index contributed by atoms with van der Waals surface area (Å²) < 4.78 is 5.85. The van der Waals surface area contributed by atoms with Crippen LogP contribution in [0.4, 0.5) is 4.79 Å². The molecule has 1 saturated carbocycles. The molecule has 2 fully saturated rings. The third-order valence-corrected chi connectivity index (χ3v) is 6.42. The SMILES string of the molecule is CCc1cccc2c1OCCC2NC(=O)N1C[C@@H]2CCC[C@@]2(C(=O)O)C1. The van der Waals surface area contributed by atoms with Gasteiger partial charge >= 0.3 is 12.0 Å². The van der Waals surface area contributed by atoms with Crippen molar-refractivity contribution in [2.45, 2.75) is 45.1 Å². The van der Waals surface area contributed by atoms with Gasteiger partial charge in [0.05, 0.1) is 18.1 Å². The Balaban J connectivity index is 1.50. The Morgan fingerprint density at radius 3 is 2.96 bits per heavy atom. The van der Waals surface area contributed by atoms with E-state index in [0.717, 1.165) is 42.6 Å². The maximum Gasteiger partial charge on any atom is 0.317 e. The van der Waals surface area contributed by atoms with Gasteiger partial charge in [-0.1, -0.05) is 31.5 Å². The highest BCUT2D eigenvalue weighted by Gasteiger charge is 2.56. The van der Waals surface area contributed by atoms with Crippen molar-refractivity contribution in [1.29, 1.82) is 0 Å². The lowest BCUT2D eigenvalue weighted by Crippen LogP contribution is -2.43. The number of urea groups is 1. The number of aliphatic carboxylic acids is 1. The number of ether oxygens (including phenoxy) is 1. The highest BCUT2D eigenvalue weighted by molar-refractivity contribution is 5.81. The molecule has 2 heterocycles. The van der Waals surface area contributed by atoms with Crippen LogP contribution in [0.2, 0.25) is 0 Å². The minimum atomic E-state index is -0.751. The maximum absolute atomic E-state index is 12.9. The molecule has 6 heteroatoms. The van der Waals surface area contributed by atoms with E-state index in [1.165, 1.54) is 0 Å². The molecule has 3 atom stereocenters. The number of carbonyl (C=O) groups excluding carboxylic acids is 1. The molecule has 0 spiro atoms. The third kappa shape index (κ3) is 2.63. The van der Waals surface area contributed by atoms with E-state index < -0.39 is 11.4 Å². The van der Waals surface area contributed by atoms with Crippen LogP contribution in [0, 0.1) is 11.3 Å². The predicted molar refractivity (Wildman–Crippen MR) is 96.2 cm³/mol. The zero-order chi connectivity index (χ0) is 18.3. The number of nitrogens with zero attached hydrogens (tertiary/aromatic N) is 1. The van der Waals surface area contributed by atoms with Crippen molar-refractivity contribution in [3.63, 3.8) is 0 Å². The fourth-order valence-electron chi connectivity index (χ4n) is 4.95. The molecule has 1 aromatic carbocycles. The summed E-state index contributed by atoms with van der Waals surface area (Å²) in [5.41, 5.74) is 1.44. The van der Waals surface area contributed by atoms with Gasteiger partial charge in [-0.2, -0.15) is 0 Å². The van der Waals surface area contributed by atoms with Crippen molar-refractivity contribution >= 4 is 12.0 Å². The van der Waals surface area contributed by atoms with E-state index in [-0.39, 0.29) is 18.0 Å². The molecular weight excluding hydrogens is 332 g/mol. The zero-order valence-electron chi connectivity index (χ0n) is 15.2. The number of likely N-dealkylation sites (tertiary alicyclic amines) is 1. The fraction of sp³-hybridized carbons (Fsp3) is 0.600. The van der Waals surface area contributed by atoms with Crippen LogP contribution < -0.4 is 10.1 Å². The number of carboxylic acids is 1. The maximum atomic E-state index is 12.9. The first-order valence-electron chi connectivity index (χ1n) is 9.58. The third-order valence-electron chi connectivity index (χ3n) is 6.42. The van der Waals surface area contributed by atoms with E-state index in [9.17, 15) is 14.7 Å².